The number of carbonyl (C=O) groups is 1. The van der Waals surface area contributed by atoms with Crippen LogP contribution in [0.15, 0.2) is 12.3 Å². The highest BCUT2D eigenvalue weighted by molar-refractivity contribution is 5.88. The van der Waals surface area contributed by atoms with Crippen LogP contribution in [0.2, 0.25) is 0 Å². The molecule has 2 aliphatic heterocycles. The van der Waals surface area contributed by atoms with Gasteiger partial charge in [-0.25, -0.2) is 9.48 Å². The van der Waals surface area contributed by atoms with E-state index in [9.17, 15) is 4.79 Å². The lowest BCUT2D eigenvalue weighted by atomic mass is 9.76. The van der Waals surface area contributed by atoms with Gasteiger partial charge in [-0.2, -0.15) is 5.10 Å². The Kier molecular flexibility index (Phi) is 5.99. The van der Waals surface area contributed by atoms with Crippen LogP contribution in [0.25, 0.3) is 0 Å². The molecule has 1 aromatic heterocycles. The van der Waals surface area contributed by atoms with E-state index >= 15 is 0 Å². The number of hydrogen-bond donors (Lipinski definition) is 1. The third-order valence-electron chi connectivity index (χ3n) is 6.24. The van der Waals surface area contributed by atoms with Crippen LogP contribution in [0, 0.1) is 11.3 Å². The van der Waals surface area contributed by atoms with Crippen LogP contribution in [-0.4, -0.2) is 47.0 Å². The van der Waals surface area contributed by atoms with Gasteiger partial charge in [0.2, 0.25) is 0 Å². The minimum absolute atomic E-state index is 0.00688. The molecule has 25 heavy (non-hydrogen) atoms. The number of likely N-dealkylation sites (tertiary alicyclic amines) is 1. The van der Waals surface area contributed by atoms with Crippen LogP contribution in [0.1, 0.15) is 52.4 Å². The Morgan fingerprint density at radius 2 is 2.20 bits per heavy atom. The summed E-state index contributed by atoms with van der Waals surface area (Å²) in [5, 5.41) is 7.45. The van der Waals surface area contributed by atoms with Gasteiger partial charge in [-0.15, -0.1) is 0 Å². The second kappa shape index (κ2) is 8.21. The summed E-state index contributed by atoms with van der Waals surface area (Å²) in [5.41, 5.74) is 0.416. The standard InChI is InChI=1S/C19H32N4O2/c1-3-19(4-2)8-5-11-22(12-9-19)18(24)21-17-6-10-20-23(17)14-16-7-13-25-15-16/h6,10,16H,3-5,7-9,11-15H2,1-2H3,(H,21,24)/t16-/m1/s1. The van der Waals surface area contributed by atoms with Crippen LogP contribution in [0.3, 0.4) is 0 Å². The molecule has 0 saturated carbocycles. The Morgan fingerprint density at radius 3 is 2.92 bits per heavy atom. The fraction of sp³-hybridized carbons (Fsp3) is 0.789. The first-order valence-electron chi connectivity index (χ1n) is 9.81. The molecule has 0 unspecified atom stereocenters. The van der Waals surface area contributed by atoms with Gasteiger partial charge in [-0.3, -0.25) is 5.32 Å². The average Bonchev–Trinajstić information content (AvgIpc) is 3.23. The SMILES string of the molecule is CCC1(CC)CCCN(C(=O)Nc2ccnn2C[C@H]2CCOC2)CC1. The molecule has 1 aromatic rings. The zero-order chi connectivity index (χ0) is 17.7. The summed E-state index contributed by atoms with van der Waals surface area (Å²) >= 11 is 0. The average molecular weight is 348 g/mol. The van der Waals surface area contributed by atoms with Crippen molar-refractivity contribution in [3.05, 3.63) is 12.3 Å². The quantitative estimate of drug-likeness (QED) is 0.882. The lowest BCUT2D eigenvalue weighted by molar-refractivity contribution is 0.181. The fourth-order valence-corrected chi connectivity index (χ4v) is 4.16. The van der Waals surface area contributed by atoms with E-state index in [0.717, 1.165) is 57.9 Å². The number of carbonyl (C=O) groups excluding carboxylic acids is 1. The topological polar surface area (TPSA) is 59.4 Å². The molecule has 1 N–H and O–H groups in total. The zero-order valence-electron chi connectivity index (χ0n) is 15.7. The molecule has 0 spiro atoms. The van der Waals surface area contributed by atoms with Crippen molar-refractivity contribution in [2.75, 3.05) is 31.6 Å². The number of amides is 2. The molecular formula is C19H32N4O2. The van der Waals surface area contributed by atoms with Gasteiger partial charge in [0.25, 0.3) is 0 Å². The van der Waals surface area contributed by atoms with Crippen molar-refractivity contribution < 1.29 is 9.53 Å². The van der Waals surface area contributed by atoms with Gasteiger partial charge in [0, 0.05) is 38.2 Å². The minimum atomic E-state index is 0.00688. The summed E-state index contributed by atoms with van der Waals surface area (Å²) in [4.78, 5) is 14.7. The number of hydrogen-bond acceptors (Lipinski definition) is 3. The molecule has 0 radical (unpaired) electrons. The van der Waals surface area contributed by atoms with E-state index in [1.165, 1.54) is 19.3 Å². The zero-order valence-corrected chi connectivity index (χ0v) is 15.7. The van der Waals surface area contributed by atoms with Crippen molar-refractivity contribution in [3.8, 4) is 0 Å². The van der Waals surface area contributed by atoms with Gasteiger partial charge in [-0.05, 0) is 31.1 Å². The molecule has 1 atom stereocenters. The van der Waals surface area contributed by atoms with Crippen molar-refractivity contribution in [2.45, 2.75) is 58.9 Å². The predicted molar refractivity (Wildman–Crippen MR) is 98.6 cm³/mol. The Bertz CT molecular complexity index is 562. The van der Waals surface area contributed by atoms with Crippen molar-refractivity contribution in [1.29, 1.82) is 0 Å². The lowest BCUT2D eigenvalue weighted by Gasteiger charge is -2.30. The first-order chi connectivity index (χ1) is 12.2. The summed E-state index contributed by atoms with van der Waals surface area (Å²) in [7, 11) is 0. The summed E-state index contributed by atoms with van der Waals surface area (Å²) in [6.45, 7) is 8.68. The highest BCUT2D eigenvalue weighted by Crippen LogP contribution is 2.37. The molecular weight excluding hydrogens is 316 g/mol. The number of nitrogens with one attached hydrogen (secondary N) is 1. The number of rotatable bonds is 5. The molecule has 2 saturated heterocycles. The number of aromatic nitrogens is 2. The summed E-state index contributed by atoms with van der Waals surface area (Å²) in [5.74, 6) is 1.28. The minimum Gasteiger partial charge on any atom is -0.381 e. The van der Waals surface area contributed by atoms with Gasteiger partial charge in [0.15, 0.2) is 0 Å². The maximum absolute atomic E-state index is 12.7. The van der Waals surface area contributed by atoms with Crippen LogP contribution in [0.4, 0.5) is 10.6 Å². The van der Waals surface area contributed by atoms with Crippen molar-refractivity contribution in [1.82, 2.24) is 14.7 Å². The molecule has 2 aliphatic rings. The van der Waals surface area contributed by atoms with E-state index in [1.807, 2.05) is 15.6 Å². The van der Waals surface area contributed by atoms with Crippen LogP contribution >= 0.6 is 0 Å². The van der Waals surface area contributed by atoms with Crippen LogP contribution < -0.4 is 5.32 Å². The number of anilines is 1. The Balaban J connectivity index is 1.58. The Morgan fingerprint density at radius 1 is 1.36 bits per heavy atom. The number of ether oxygens (including phenoxy) is 1. The first kappa shape index (κ1) is 18.2. The lowest BCUT2D eigenvalue weighted by Crippen LogP contribution is -2.37. The van der Waals surface area contributed by atoms with E-state index in [1.54, 1.807) is 6.20 Å². The molecule has 0 aliphatic carbocycles. The Labute approximate surface area is 150 Å². The maximum atomic E-state index is 12.7. The fourth-order valence-electron chi connectivity index (χ4n) is 4.16. The van der Waals surface area contributed by atoms with E-state index in [4.69, 9.17) is 4.74 Å². The molecule has 6 nitrogen and oxygen atoms in total. The van der Waals surface area contributed by atoms with Gasteiger partial charge >= 0.3 is 6.03 Å². The van der Waals surface area contributed by atoms with Gasteiger partial charge in [0.05, 0.1) is 12.8 Å². The second-order valence-electron chi connectivity index (χ2n) is 7.61. The van der Waals surface area contributed by atoms with Crippen molar-refractivity contribution in [3.63, 3.8) is 0 Å². The highest BCUT2D eigenvalue weighted by Gasteiger charge is 2.30. The summed E-state index contributed by atoms with van der Waals surface area (Å²) in [6.07, 6.45) is 8.65. The highest BCUT2D eigenvalue weighted by atomic mass is 16.5. The smallest absolute Gasteiger partial charge is 0.322 e. The third-order valence-corrected chi connectivity index (χ3v) is 6.24. The molecule has 3 heterocycles. The van der Waals surface area contributed by atoms with E-state index in [2.05, 4.69) is 24.3 Å². The van der Waals surface area contributed by atoms with Crippen LogP contribution in [-0.2, 0) is 11.3 Å². The van der Waals surface area contributed by atoms with Crippen LogP contribution in [0.5, 0.6) is 0 Å². The summed E-state index contributed by atoms with van der Waals surface area (Å²) in [6, 6.07) is 1.89. The third kappa shape index (κ3) is 4.35. The Hall–Kier alpha value is -1.56. The largest absolute Gasteiger partial charge is 0.381 e. The molecule has 2 amide bonds. The van der Waals surface area contributed by atoms with E-state index in [0.29, 0.717) is 11.3 Å². The second-order valence-corrected chi connectivity index (χ2v) is 7.61. The maximum Gasteiger partial charge on any atom is 0.322 e. The van der Waals surface area contributed by atoms with Gasteiger partial charge in [0.1, 0.15) is 5.82 Å². The molecule has 3 rings (SSSR count). The number of urea groups is 1. The van der Waals surface area contributed by atoms with Crippen molar-refractivity contribution in [2.24, 2.45) is 11.3 Å². The molecule has 6 heteroatoms. The van der Waals surface area contributed by atoms with Crippen molar-refractivity contribution >= 4 is 11.8 Å². The first-order valence-corrected chi connectivity index (χ1v) is 9.81. The summed E-state index contributed by atoms with van der Waals surface area (Å²) < 4.78 is 7.34. The predicted octanol–water partition coefficient (Wildman–Crippen LogP) is 3.74. The normalized spacial score (nSPS) is 23.4. The monoisotopic (exact) mass is 348 g/mol. The molecule has 0 aromatic carbocycles. The van der Waals surface area contributed by atoms with Gasteiger partial charge < -0.3 is 9.64 Å². The molecule has 0 bridgehead atoms. The number of nitrogens with zero attached hydrogens (tertiary/aromatic N) is 3. The molecule has 140 valence electrons. The van der Waals surface area contributed by atoms with Gasteiger partial charge in [-0.1, -0.05) is 26.7 Å². The van der Waals surface area contributed by atoms with E-state index in [-0.39, 0.29) is 6.03 Å². The molecule has 2 fully saturated rings. The van der Waals surface area contributed by atoms with E-state index < -0.39 is 0 Å².